The Bertz CT molecular complexity index is 941. The second kappa shape index (κ2) is 11.6. The minimum absolute atomic E-state index is 0.0224. The summed E-state index contributed by atoms with van der Waals surface area (Å²) >= 11 is 1.08. The molecule has 2 N–H and O–H groups in total. The van der Waals surface area contributed by atoms with Crippen LogP contribution in [0.2, 0.25) is 0 Å². The molecule has 2 rings (SSSR count). The van der Waals surface area contributed by atoms with Crippen molar-refractivity contribution in [3.8, 4) is 5.75 Å². The van der Waals surface area contributed by atoms with Gasteiger partial charge in [-0.25, -0.2) is 4.57 Å². The normalized spacial score (nSPS) is 22.0. The number of phosphoric acid groups is 1. The van der Waals surface area contributed by atoms with Crippen molar-refractivity contribution >= 4 is 36.5 Å². The first-order chi connectivity index (χ1) is 15.7. The van der Waals surface area contributed by atoms with Crippen LogP contribution in [0.25, 0.3) is 0 Å². The van der Waals surface area contributed by atoms with Gasteiger partial charge in [-0.1, -0.05) is 25.6 Å². The summed E-state index contributed by atoms with van der Waals surface area (Å²) in [4.78, 5) is 35.3. The minimum atomic E-state index is -4.54. The number of rotatable bonds is 9. The lowest BCUT2D eigenvalue weighted by Gasteiger charge is -2.39. The van der Waals surface area contributed by atoms with Crippen molar-refractivity contribution in [2.75, 3.05) is 25.4 Å². The molecule has 0 radical (unpaired) electrons. The van der Waals surface area contributed by atoms with Gasteiger partial charge in [0.25, 0.3) is 5.91 Å². The summed E-state index contributed by atoms with van der Waals surface area (Å²) < 4.78 is 66.8. The van der Waals surface area contributed by atoms with Gasteiger partial charge in [-0.3, -0.25) is 23.4 Å². The number of hydrogen-bond acceptors (Lipinski definition) is 8. The van der Waals surface area contributed by atoms with Crippen LogP contribution in [0.5, 0.6) is 5.75 Å². The first-order valence-corrected chi connectivity index (χ1v) is 12.6. The van der Waals surface area contributed by atoms with Crippen LogP contribution in [0.3, 0.4) is 0 Å². The molecule has 0 aromatic heterocycles. The maximum absolute atomic E-state index is 12.9. The highest BCUT2D eigenvalue weighted by molar-refractivity contribution is 8.13. The van der Waals surface area contributed by atoms with Crippen LogP contribution >= 0.6 is 19.6 Å². The van der Waals surface area contributed by atoms with Crippen LogP contribution in [-0.4, -0.2) is 48.5 Å². The fourth-order valence-electron chi connectivity index (χ4n) is 2.77. The molecule has 9 nitrogen and oxygen atoms in total. The van der Waals surface area contributed by atoms with Gasteiger partial charge in [-0.15, -0.1) is 0 Å². The molecule has 1 aliphatic rings. The van der Waals surface area contributed by atoms with Crippen LogP contribution in [0.4, 0.5) is 13.2 Å². The van der Waals surface area contributed by atoms with Gasteiger partial charge in [0.05, 0.1) is 12.2 Å². The Balaban J connectivity index is 1.91. The maximum atomic E-state index is 12.9. The predicted octanol–water partition coefficient (Wildman–Crippen LogP) is 3.54. The van der Waals surface area contributed by atoms with E-state index in [0.29, 0.717) is 12.3 Å². The van der Waals surface area contributed by atoms with E-state index in [1.807, 2.05) is 0 Å². The highest BCUT2D eigenvalue weighted by Crippen LogP contribution is 2.57. The van der Waals surface area contributed by atoms with Gasteiger partial charge in [-0.05, 0) is 24.3 Å². The van der Waals surface area contributed by atoms with Gasteiger partial charge < -0.3 is 15.2 Å². The molecule has 1 fully saturated rings. The average molecular weight is 526 g/mol. The number of benzene rings is 1. The molecule has 1 aromatic carbocycles. The first-order valence-electron chi connectivity index (χ1n) is 10.2. The maximum Gasteiger partial charge on any atom is 0.530 e. The molecule has 0 spiro atoms. The molecule has 190 valence electrons. The molecule has 34 heavy (non-hydrogen) atoms. The van der Waals surface area contributed by atoms with Crippen molar-refractivity contribution in [2.24, 2.45) is 5.41 Å². The number of phosphoric ester groups is 1. The summed E-state index contributed by atoms with van der Waals surface area (Å²) in [5, 5.41) is 5.09. The van der Waals surface area contributed by atoms with E-state index in [0.717, 1.165) is 36.0 Å². The van der Waals surface area contributed by atoms with Gasteiger partial charge >= 0.3 is 14.0 Å². The van der Waals surface area contributed by atoms with Crippen molar-refractivity contribution in [1.82, 2.24) is 10.6 Å². The number of halogens is 3. The minimum Gasteiger partial charge on any atom is -0.404 e. The van der Waals surface area contributed by atoms with E-state index in [9.17, 15) is 32.1 Å². The number of hydrogen-bond donors (Lipinski definition) is 2. The number of thioether (sulfide) groups is 1. The zero-order valence-corrected chi connectivity index (χ0v) is 20.5. The molecule has 1 unspecified atom stereocenters. The number of carbonyl (C=O) groups excluding carboxylic acids is 3. The summed E-state index contributed by atoms with van der Waals surface area (Å²) in [6.45, 7) is 4.80. The monoisotopic (exact) mass is 526 g/mol. The Hall–Kier alpha value is -2.08. The topological polar surface area (TPSA) is 120 Å². The van der Waals surface area contributed by atoms with E-state index >= 15 is 0 Å². The molecule has 0 bridgehead atoms. The molecule has 1 aliphatic heterocycles. The van der Waals surface area contributed by atoms with Crippen LogP contribution in [0.15, 0.2) is 24.3 Å². The van der Waals surface area contributed by atoms with Crippen molar-refractivity contribution in [3.05, 3.63) is 29.8 Å². The lowest BCUT2D eigenvalue weighted by Crippen LogP contribution is -2.50. The molecule has 2 amide bonds. The summed E-state index contributed by atoms with van der Waals surface area (Å²) in [6.07, 6.45) is -5.84. The van der Waals surface area contributed by atoms with Crippen LogP contribution in [0.1, 0.15) is 32.8 Å². The van der Waals surface area contributed by atoms with E-state index in [1.165, 1.54) is 6.92 Å². The highest BCUT2D eigenvalue weighted by atomic mass is 32.2. The molecular formula is C20H26F3N2O7PS. The molecule has 2 atom stereocenters. The van der Waals surface area contributed by atoms with Crippen molar-refractivity contribution in [2.45, 2.75) is 39.5 Å². The average Bonchev–Trinajstić information content (AvgIpc) is 2.73. The van der Waals surface area contributed by atoms with Gasteiger partial charge in [-0.2, -0.15) is 13.2 Å². The lowest BCUT2D eigenvalue weighted by molar-refractivity contribution is -0.140. The Morgan fingerprint density at radius 3 is 2.41 bits per heavy atom. The molecule has 1 saturated heterocycles. The number of amides is 2. The van der Waals surface area contributed by atoms with Crippen LogP contribution in [0, 0.1) is 5.41 Å². The highest BCUT2D eigenvalue weighted by Gasteiger charge is 2.50. The lowest BCUT2D eigenvalue weighted by atomic mass is 9.87. The second-order valence-corrected chi connectivity index (χ2v) is 10.9. The summed E-state index contributed by atoms with van der Waals surface area (Å²) in [7, 11) is -4.31. The Labute approximate surface area is 199 Å². The standard InChI is InChI=1S/C20H26F3N2O7PS/c1-13(26)34-11-10-24-16(27)8-9-25-18(28)17-19(2,3)12-30-33(29,32-17)31-15-6-4-14(5-7-15)20(21,22)23/h4-7,17H,8-12H2,1-3H3,(H,24,27)(H,25,28)/t17-,33?/m0/s1. The van der Waals surface area contributed by atoms with E-state index in [-0.39, 0.29) is 36.3 Å². The zero-order chi connectivity index (χ0) is 25.6. The van der Waals surface area contributed by atoms with Crippen LogP contribution < -0.4 is 15.2 Å². The quantitative estimate of drug-likeness (QED) is 0.371. The smallest absolute Gasteiger partial charge is 0.404 e. The van der Waals surface area contributed by atoms with E-state index in [2.05, 4.69) is 10.6 Å². The summed E-state index contributed by atoms with van der Waals surface area (Å²) in [6, 6.07) is 3.45. The fraction of sp³-hybridized carbons (Fsp3) is 0.550. The number of alkyl halides is 3. The molecule has 1 heterocycles. The van der Waals surface area contributed by atoms with Gasteiger partial charge in [0.15, 0.2) is 11.2 Å². The second-order valence-electron chi connectivity index (χ2n) is 8.04. The van der Waals surface area contributed by atoms with E-state index < -0.39 is 37.0 Å². The Kier molecular flexibility index (Phi) is 9.58. The third-order valence-electron chi connectivity index (χ3n) is 4.56. The SMILES string of the molecule is CC(=O)SCCNC(=O)CCNC(=O)[C@@H]1OP(=O)(Oc2ccc(C(F)(F)F)cc2)OCC1(C)C. The number of nitrogens with one attached hydrogen (secondary N) is 2. The van der Waals surface area contributed by atoms with E-state index in [1.54, 1.807) is 13.8 Å². The van der Waals surface area contributed by atoms with Gasteiger partial charge in [0.2, 0.25) is 5.91 Å². The summed E-state index contributed by atoms with van der Waals surface area (Å²) in [5.74, 6) is -0.724. The predicted molar refractivity (Wildman–Crippen MR) is 118 cm³/mol. The fourth-order valence-corrected chi connectivity index (χ4v) is 4.93. The van der Waals surface area contributed by atoms with Gasteiger partial charge in [0, 0.05) is 37.6 Å². The third kappa shape index (κ3) is 8.61. The molecule has 0 aliphatic carbocycles. The molecule has 1 aromatic rings. The Morgan fingerprint density at radius 1 is 1.18 bits per heavy atom. The summed E-state index contributed by atoms with van der Waals surface area (Å²) in [5.41, 5.74) is -1.82. The third-order valence-corrected chi connectivity index (χ3v) is 6.72. The van der Waals surface area contributed by atoms with Crippen molar-refractivity contribution < 1.29 is 45.7 Å². The largest absolute Gasteiger partial charge is 0.530 e. The van der Waals surface area contributed by atoms with Crippen LogP contribution in [-0.2, 0) is 34.2 Å². The van der Waals surface area contributed by atoms with E-state index in [4.69, 9.17) is 13.6 Å². The molecule has 14 heteroatoms. The van der Waals surface area contributed by atoms with Gasteiger partial charge in [0.1, 0.15) is 5.75 Å². The van der Waals surface area contributed by atoms with Crippen molar-refractivity contribution in [1.29, 1.82) is 0 Å². The number of carbonyl (C=O) groups is 3. The van der Waals surface area contributed by atoms with Crippen molar-refractivity contribution in [3.63, 3.8) is 0 Å². The Morgan fingerprint density at radius 2 is 1.82 bits per heavy atom. The molecule has 0 saturated carbocycles. The zero-order valence-electron chi connectivity index (χ0n) is 18.8. The molecular weight excluding hydrogens is 500 g/mol. The first kappa shape index (κ1) is 28.2.